The number of rotatable bonds is 4. The number of hydrogen-bond donors (Lipinski definition) is 1. The molecule has 0 aromatic heterocycles. The van der Waals surface area contributed by atoms with Gasteiger partial charge in [0.25, 0.3) is 0 Å². The summed E-state index contributed by atoms with van der Waals surface area (Å²) in [5.74, 6) is 0.108. The van der Waals surface area contributed by atoms with E-state index in [2.05, 4.69) is 0 Å². The minimum Gasteiger partial charge on any atom is -0.493 e. The second-order valence-electron chi connectivity index (χ2n) is 4.29. The fraction of sp³-hybridized carbons (Fsp3) is 0.500. The van der Waals surface area contributed by atoms with E-state index in [-0.39, 0.29) is 17.2 Å². The smallest absolute Gasteiger partial charge is 0.165 e. The van der Waals surface area contributed by atoms with Crippen molar-refractivity contribution >= 4 is 11.6 Å². The number of methoxy groups -OCH3 is 2. The van der Waals surface area contributed by atoms with E-state index in [0.29, 0.717) is 24.2 Å². The Hall–Kier alpha value is -1.00. The maximum absolute atomic E-state index is 13.6. The molecule has 2 rings (SSSR count). The molecule has 0 amide bonds. The van der Waals surface area contributed by atoms with Crippen molar-refractivity contribution in [2.45, 2.75) is 24.9 Å². The van der Waals surface area contributed by atoms with Crippen molar-refractivity contribution in [1.29, 1.82) is 0 Å². The Labute approximate surface area is 104 Å². The molecule has 0 radical (unpaired) electrons. The lowest BCUT2D eigenvalue weighted by molar-refractivity contribution is 0.149. The molecule has 94 valence electrons. The normalized spacial score (nSPS) is 16.8. The monoisotopic (exact) mass is 260 g/mol. The van der Waals surface area contributed by atoms with Crippen molar-refractivity contribution in [2.75, 3.05) is 14.2 Å². The molecule has 0 heterocycles. The molecule has 1 aliphatic rings. The summed E-state index contributed by atoms with van der Waals surface area (Å²) in [5.41, 5.74) is -0.304. The Balaban J connectivity index is 2.48. The average Bonchev–Trinajstić information content (AvgIpc) is 3.02. The first-order valence-corrected chi connectivity index (χ1v) is 5.70. The van der Waals surface area contributed by atoms with Gasteiger partial charge < -0.3 is 14.6 Å². The van der Waals surface area contributed by atoms with E-state index in [0.717, 1.165) is 0 Å². The molecule has 1 aromatic rings. The summed E-state index contributed by atoms with van der Waals surface area (Å²) in [6, 6.07) is 1.18. The van der Waals surface area contributed by atoms with Gasteiger partial charge in [0, 0.05) is 18.1 Å². The van der Waals surface area contributed by atoms with Crippen molar-refractivity contribution in [3.63, 3.8) is 0 Å². The van der Waals surface area contributed by atoms with E-state index in [1.807, 2.05) is 0 Å². The van der Waals surface area contributed by atoms with E-state index in [1.165, 1.54) is 20.3 Å². The Kier molecular flexibility index (Phi) is 3.19. The van der Waals surface area contributed by atoms with E-state index in [9.17, 15) is 9.50 Å². The Morgan fingerprint density at radius 1 is 1.41 bits per heavy atom. The lowest BCUT2D eigenvalue weighted by Gasteiger charge is -2.17. The minimum absolute atomic E-state index is 0.0111. The minimum atomic E-state index is -0.768. The zero-order valence-corrected chi connectivity index (χ0v) is 10.5. The van der Waals surface area contributed by atoms with Crippen molar-refractivity contribution in [3.8, 4) is 11.5 Å². The molecule has 1 N–H and O–H groups in total. The maximum atomic E-state index is 13.6. The first-order chi connectivity index (χ1) is 8.00. The van der Waals surface area contributed by atoms with Gasteiger partial charge in [0.1, 0.15) is 5.82 Å². The van der Waals surface area contributed by atoms with Crippen LogP contribution in [0.4, 0.5) is 4.39 Å². The van der Waals surface area contributed by atoms with Gasteiger partial charge in [-0.25, -0.2) is 4.39 Å². The van der Waals surface area contributed by atoms with E-state index in [4.69, 9.17) is 21.1 Å². The molecule has 5 heteroatoms. The summed E-state index contributed by atoms with van der Waals surface area (Å²) < 4.78 is 23.8. The van der Waals surface area contributed by atoms with Gasteiger partial charge in [-0.15, -0.1) is 0 Å². The average molecular weight is 261 g/mol. The highest BCUT2D eigenvalue weighted by molar-refractivity contribution is 6.31. The molecule has 0 spiro atoms. The van der Waals surface area contributed by atoms with Gasteiger partial charge in [0.05, 0.1) is 24.8 Å². The molecule has 0 unspecified atom stereocenters. The third kappa shape index (κ3) is 2.33. The molecule has 1 aliphatic carbocycles. The lowest BCUT2D eigenvalue weighted by atomic mass is 10.0. The Bertz CT molecular complexity index is 444. The van der Waals surface area contributed by atoms with Gasteiger partial charge in [-0.3, -0.25) is 0 Å². The van der Waals surface area contributed by atoms with Crippen LogP contribution in [0.3, 0.4) is 0 Å². The topological polar surface area (TPSA) is 38.7 Å². The molecule has 0 aliphatic heterocycles. The zero-order chi connectivity index (χ0) is 12.6. The molecule has 1 aromatic carbocycles. The van der Waals surface area contributed by atoms with Crippen molar-refractivity contribution in [1.82, 2.24) is 0 Å². The van der Waals surface area contributed by atoms with Crippen molar-refractivity contribution < 1.29 is 19.0 Å². The first-order valence-electron chi connectivity index (χ1n) is 5.32. The standard InChI is InChI=1S/C12H14ClFO3/c1-16-9-5-8(14)10(13)7(11(9)17-2)6-12(15)3-4-12/h5,15H,3-4,6H2,1-2H3. The fourth-order valence-electron chi connectivity index (χ4n) is 1.82. The summed E-state index contributed by atoms with van der Waals surface area (Å²) in [6.45, 7) is 0. The van der Waals surface area contributed by atoms with Crippen LogP contribution in [0.15, 0.2) is 6.07 Å². The second-order valence-corrected chi connectivity index (χ2v) is 4.67. The molecular formula is C12H14ClFO3. The predicted molar refractivity (Wildman–Crippen MR) is 62.4 cm³/mol. The number of halogens is 2. The third-order valence-corrected chi connectivity index (χ3v) is 3.40. The van der Waals surface area contributed by atoms with Crippen LogP contribution in [-0.2, 0) is 6.42 Å². The van der Waals surface area contributed by atoms with Crippen LogP contribution < -0.4 is 9.47 Å². The van der Waals surface area contributed by atoms with Crippen LogP contribution >= 0.6 is 11.6 Å². The Morgan fingerprint density at radius 3 is 2.53 bits per heavy atom. The zero-order valence-electron chi connectivity index (χ0n) is 9.72. The van der Waals surface area contributed by atoms with Crippen molar-refractivity contribution in [3.05, 3.63) is 22.5 Å². The number of ether oxygens (including phenoxy) is 2. The molecule has 0 saturated heterocycles. The van der Waals surface area contributed by atoms with Gasteiger partial charge in [-0.1, -0.05) is 11.6 Å². The van der Waals surface area contributed by atoms with Crippen LogP contribution in [0.25, 0.3) is 0 Å². The summed E-state index contributed by atoms with van der Waals surface area (Å²) >= 11 is 5.92. The highest BCUT2D eigenvalue weighted by Gasteiger charge is 2.42. The molecule has 1 saturated carbocycles. The van der Waals surface area contributed by atoms with Crippen molar-refractivity contribution in [2.24, 2.45) is 0 Å². The number of hydrogen-bond acceptors (Lipinski definition) is 3. The summed E-state index contributed by atoms with van der Waals surface area (Å²) in [5, 5.41) is 9.89. The predicted octanol–water partition coefficient (Wildman–Crippen LogP) is 2.56. The molecule has 17 heavy (non-hydrogen) atoms. The van der Waals surface area contributed by atoms with Crippen LogP contribution in [0, 0.1) is 5.82 Å². The van der Waals surface area contributed by atoms with Gasteiger partial charge in [0.15, 0.2) is 11.5 Å². The highest BCUT2D eigenvalue weighted by Crippen LogP contribution is 2.45. The van der Waals surface area contributed by atoms with E-state index in [1.54, 1.807) is 0 Å². The first kappa shape index (κ1) is 12.5. The molecule has 0 bridgehead atoms. The molecular weight excluding hydrogens is 247 g/mol. The molecule has 3 nitrogen and oxygen atoms in total. The summed E-state index contributed by atoms with van der Waals surface area (Å²) in [4.78, 5) is 0. The SMILES string of the molecule is COc1cc(F)c(Cl)c(CC2(O)CC2)c1OC. The van der Waals surface area contributed by atoms with Gasteiger partial charge in [0.2, 0.25) is 0 Å². The Morgan fingerprint density at radius 2 is 2.06 bits per heavy atom. The van der Waals surface area contributed by atoms with E-state index < -0.39 is 11.4 Å². The third-order valence-electron chi connectivity index (χ3n) is 2.99. The molecule has 0 atom stereocenters. The summed E-state index contributed by atoms with van der Waals surface area (Å²) in [6.07, 6.45) is 1.68. The second kappa shape index (κ2) is 4.35. The number of benzene rings is 1. The van der Waals surface area contributed by atoms with Crippen LogP contribution in [0.2, 0.25) is 5.02 Å². The largest absolute Gasteiger partial charge is 0.493 e. The van der Waals surface area contributed by atoms with Crippen LogP contribution in [-0.4, -0.2) is 24.9 Å². The maximum Gasteiger partial charge on any atom is 0.165 e. The quantitative estimate of drug-likeness (QED) is 0.904. The fourth-order valence-corrected chi connectivity index (χ4v) is 2.03. The molecule has 1 fully saturated rings. The summed E-state index contributed by atoms with van der Waals surface area (Å²) in [7, 11) is 2.90. The lowest BCUT2D eigenvalue weighted by Crippen LogP contribution is -2.13. The van der Waals surface area contributed by atoms with Gasteiger partial charge in [-0.2, -0.15) is 0 Å². The van der Waals surface area contributed by atoms with Crippen LogP contribution in [0.1, 0.15) is 18.4 Å². The number of aliphatic hydroxyl groups is 1. The van der Waals surface area contributed by atoms with Gasteiger partial charge >= 0.3 is 0 Å². The van der Waals surface area contributed by atoms with E-state index >= 15 is 0 Å². The van der Waals surface area contributed by atoms with Crippen LogP contribution in [0.5, 0.6) is 11.5 Å². The van der Waals surface area contributed by atoms with Gasteiger partial charge in [-0.05, 0) is 12.8 Å². The highest BCUT2D eigenvalue weighted by atomic mass is 35.5.